The highest BCUT2D eigenvalue weighted by Crippen LogP contribution is 2.24. The number of nitrogens with one attached hydrogen (secondary N) is 2. The third kappa shape index (κ3) is 4.37. The summed E-state index contributed by atoms with van der Waals surface area (Å²) < 4.78 is 28.3. The van der Waals surface area contributed by atoms with Crippen molar-refractivity contribution in [2.75, 3.05) is 10.0 Å². The normalized spacial score (nSPS) is 11.1. The van der Waals surface area contributed by atoms with E-state index in [9.17, 15) is 13.2 Å². The van der Waals surface area contributed by atoms with E-state index >= 15 is 0 Å². The zero-order chi connectivity index (χ0) is 20.3. The van der Waals surface area contributed by atoms with Gasteiger partial charge in [-0.05, 0) is 62.2 Å². The molecule has 0 bridgehead atoms. The summed E-state index contributed by atoms with van der Waals surface area (Å²) in [5.74, 6) is -0.331. The molecular weight excluding hydrogens is 374 g/mol. The van der Waals surface area contributed by atoms with Gasteiger partial charge in [0.25, 0.3) is 15.9 Å². The summed E-state index contributed by atoms with van der Waals surface area (Å²) in [4.78, 5) is 16.3. The van der Waals surface area contributed by atoms with Gasteiger partial charge < -0.3 is 5.32 Å². The molecule has 3 aromatic rings. The molecule has 0 aliphatic heterocycles. The number of carbonyl (C=O) groups is 1. The number of hydrogen-bond acceptors (Lipinski definition) is 4. The number of aromatic nitrogens is 1. The highest BCUT2D eigenvalue weighted by Gasteiger charge is 2.18. The van der Waals surface area contributed by atoms with Crippen LogP contribution in [0.2, 0.25) is 0 Å². The summed E-state index contributed by atoms with van der Waals surface area (Å²) >= 11 is 0. The van der Waals surface area contributed by atoms with Crippen LogP contribution in [0.4, 0.5) is 11.4 Å². The van der Waals surface area contributed by atoms with Gasteiger partial charge in [-0.1, -0.05) is 23.8 Å². The van der Waals surface area contributed by atoms with Crippen LogP contribution in [0.3, 0.4) is 0 Å². The second-order valence-electron chi connectivity index (χ2n) is 6.59. The van der Waals surface area contributed by atoms with Crippen molar-refractivity contribution in [2.24, 2.45) is 0 Å². The minimum Gasteiger partial charge on any atom is -0.322 e. The van der Waals surface area contributed by atoms with Gasteiger partial charge in [0.2, 0.25) is 0 Å². The molecule has 0 aliphatic carbocycles. The molecule has 28 heavy (non-hydrogen) atoms. The van der Waals surface area contributed by atoms with Crippen LogP contribution >= 0.6 is 0 Å². The second kappa shape index (κ2) is 7.82. The lowest BCUT2D eigenvalue weighted by Crippen LogP contribution is -2.16. The Labute approximate surface area is 164 Å². The second-order valence-corrected chi connectivity index (χ2v) is 8.27. The first kappa shape index (κ1) is 19.6. The Morgan fingerprint density at radius 2 is 1.57 bits per heavy atom. The van der Waals surface area contributed by atoms with E-state index in [1.807, 2.05) is 26.0 Å². The van der Waals surface area contributed by atoms with Crippen molar-refractivity contribution in [3.8, 4) is 0 Å². The van der Waals surface area contributed by atoms with E-state index in [1.54, 1.807) is 31.2 Å². The van der Waals surface area contributed by atoms with Crippen molar-refractivity contribution in [3.63, 3.8) is 0 Å². The molecule has 0 saturated heterocycles. The first-order valence-corrected chi connectivity index (χ1v) is 10.2. The van der Waals surface area contributed by atoms with Crippen molar-refractivity contribution in [2.45, 2.75) is 25.7 Å². The molecule has 3 rings (SSSR count). The molecule has 6 nitrogen and oxygen atoms in total. The number of hydrogen-bond donors (Lipinski definition) is 2. The summed E-state index contributed by atoms with van der Waals surface area (Å²) in [6.45, 7) is 5.60. The van der Waals surface area contributed by atoms with Crippen molar-refractivity contribution < 1.29 is 13.2 Å². The maximum atomic E-state index is 12.8. The molecule has 0 radical (unpaired) electrons. The molecule has 0 spiro atoms. The molecule has 0 saturated carbocycles. The van der Waals surface area contributed by atoms with E-state index in [0.717, 1.165) is 16.7 Å². The van der Waals surface area contributed by atoms with Crippen molar-refractivity contribution in [1.82, 2.24) is 4.98 Å². The maximum absolute atomic E-state index is 12.8. The molecule has 1 heterocycles. The first-order chi connectivity index (χ1) is 13.3. The van der Waals surface area contributed by atoms with Gasteiger partial charge >= 0.3 is 0 Å². The molecule has 0 aliphatic rings. The van der Waals surface area contributed by atoms with E-state index in [4.69, 9.17) is 0 Å². The van der Waals surface area contributed by atoms with E-state index in [2.05, 4.69) is 15.0 Å². The van der Waals surface area contributed by atoms with Gasteiger partial charge in [0.1, 0.15) is 0 Å². The van der Waals surface area contributed by atoms with Crippen LogP contribution in [0.15, 0.2) is 65.8 Å². The molecular formula is C21H21N3O3S. The number of rotatable bonds is 5. The average Bonchev–Trinajstić information content (AvgIpc) is 2.66. The Kier molecular flexibility index (Phi) is 5.46. The van der Waals surface area contributed by atoms with Gasteiger partial charge in [0.15, 0.2) is 0 Å². The zero-order valence-electron chi connectivity index (χ0n) is 15.9. The number of aryl methyl sites for hydroxylation is 3. The van der Waals surface area contributed by atoms with Crippen molar-refractivity contribution in [3.05, 3.63) is 83.2 Å². The number of amides is 1. The van der Waals surface area contributed by atoms with Gasteiger partial charge in [-0.25, -0.2) is 8.42 Å². The van der Waals surface area contributed by atoms with Crippen LogP contribution in [0, 0.1) is 20.8 Å². The minimum atomic E-state index is -3.80. The molecule has 7 heteroatoms. The number of benzene rings is 2. The Morgan fingerprint density at radius 1 is 0.857 bits per heavy atom. The fourth-order valence-corrected chi connectivity index (χ4v) is 3.89. The Bertz CT molecular complexity index is 1130. The fraction of sp³-hybridized carbons (Fsp3) is 0.143. The average molecular weight is 395 g/mol. The van der Waals surface area contributed by atoms with Gasteiger partial charge in [-0.2, -0.15) is 0 Å². The number of nitrogens with zero attached hydrogens (tertiary/aromatic N) is 1. The van der Waals surface area contributed by atoms with E-state index in [1.165, 1.54) is 24.5 Å². The topological polar surface area (TPSA) is 88.2 Å². The number of sulfonamides is 1. The van der Waals surface area contributed by atoms with Crippen LogP contribution in [-0.2, 0) is 10.0 Å². The molecule has 144 valence electrons. The highest BCUT2D eigenvalue weighted by atomic mass is 32.2. The summed E-state index contributed by atoms with van der Waals surface area (Å²) in [5.41, 5.74) is 4.04. The van der Waals surface area contributed by atoms with Crippen molar-refractivity contribution >= 4 is 27.3 Å². The maximum Gasteiger partial charge on any atom is 0.261 e. The van der Waals surface area contributed by atoms with E-state index < -0.39 is 10.0 Å². The number of carbonyl (C=O) groups excluding carboxylic acids is 1. The summed E-state index contributed by atoms with van der Waals surface area (Å²) in [5, 5.41) is 2.76. The summed E-state index contributed by atoms with van der Waals surface area (Å²) in [6.07, 6.45) is 3.05. The number of pyridine rings is 1. The molecule has 0 unspecified atom stereocenters. The van der Waals surface area contributed by atoms with Gasteiger partial charge in [-0.15, -0.1) is 0 Å². The molecule has 0 fully saturated rings. The molecule has 0 atom stereocenters. The number of anilines is 2. The standard InChI is InChI=1S/C21H21N3O3S/c1-14-4-7-19(16(3)12-14)24-28(26,27)18-6-5-15(2)20(13-18)23-21(25)17-8-10-22-11-9-17/h4-13,24H,1-3H3,(H,23,25). The Balaban J connectivity index is 1.88. The lowest BCUT2D eigenvalue weighted by Gasteiger charge is -2.14. The van der Waals surface area contributed by atoms with Crippen LogP contribution in [0.1, 0.15) is 27.0 Å². The van der Waals surface area contributed by atoms with E-state index in [0.29, 0.717) is 16.9 Å². The first-order valence-electron chi connectivity index (χ1n) is 8.68. The minimum absolute atomic E-state index is 0.0723. The lowest BCUT2D eigenvalue weighted by molar-refractivity contribution is 0.102. The Hall–Kier alpha value is -3.19. The van der Waals surface area contributed by atoms with Crippen LogP contribution < -0.4 is 10.0 Å². The summed E-state index contributed by atoms with van der Waals surface area (Å²) in [7, 11) is -3.80. The predicted molar refractivity (Wildman–Crippen MR) is 110 cm³/mol. The van der Waals surface area contributed by atoms with Gasteiger partial charge in [0.05, 0.1) is 10.6 Å². The van der Waals surface area contributed by atoms with Gasteiger partial charge in [-0.3, -0.25) is 14.5 Å². The third-order valence-electron chi connectivity index (χ3n) is 4.34. The Morgan fingerprint density at radius 3 is 2.25 bits per heavy atom. The molecule has 2 aromatic carbocycles. The quantitative estimate of drug-likeness (QED) is 0.682. The predicted octanol–water partition coefficient (Wildman–Crippen LogP) is 4.06. The van der Waals surface area contributed by atoms with Crippen LogP contribution in [0.5, 0.6) is 0 Å². The summed E-state index contributed by atoms with van der Waals surface area (Å²) in [6, 6.07) is 13.3. The molecule has 2 N–H and O–H groups in total. The smallest absolute Gasteiger partial charge is 0.261 e. The monoisotopic (exact) mass is 395 g/mol. The zero-order valence-corrected chi connectivity index (χ0v) is 16.7. The van der Waals surface area contributed by atoms with Crippen LogP contribution in [-0.4, -0.2) is 19.3 Å². The van der Waals surface area contributed by atoms with Crippen LogP contribution in [0.25, 0.3) is 0 Å². The SMILES string of the molecule is Cc1ccc(NS(=O)(=O)c2ccc(C)c(NC(=O)c3ccncc3)c2)c(C)c1. The third-order valence-corrected chi connectivity index (χ3v) is 5.70. The fourth-order valence-electron chi connectivity index (χ4n) is 2.73. The lowest BCUT2D eigenvalue weighted by atomic mass is 10.1. The molecule has 1 amide bonds. The van der Waals surface area contributed by atoms with Gasteiger partial charge in [0, 0.05) is 23.6 Å². The largest absolute Gasteiger partial charge is 0.322 e. The van der Waals surface area contributed by atoms with E-state index in [-0.39, 0.29) is 10.8 Å². The highest BCUT2D eigenvalue weighted by molar-refractivity contribution is 7.92. The van der Waals surface area contributed by atoms with Crippen molar-refractivity contribution in [1.29, 1.82) is 0 Å². The molecule has 1 aromatic heterocycles.